The van der Waals surface area contributed by atoms with E-state index in [1.54, 1.807) is 6.07 Å². The molecule has 5 rings (SSSR count). The van der Waals surface area contributed by atoms with Gasteiger partial charge in [-0.15, -0.1) is 11.3 Å². The van der Waals surface area contributed by atoms with Crippen molar-refractivity contribution >= 4 is 61.2 Å². The first-order chi connectivity index (χ1) is 17.5. The minimum Gasteiger partial charge on any atom is -0.507 e. The molecule has 1 aliphatic heterocycles. The summed E-state index contributed by atoms with van der Waals surface area (Å²) < 4.78 is 0.518. The van der Waals surface area contributed by atoms with E-state index in [0.29, 0.717) is 20.7 Å². The predicted octanol–water partition coefficient (Wildman–Crippen LogP) is 6.50. The number of aryl methyl sites for hydroxylation is 1. The molecule has 1 saturated heterocycles. The number of carbonyl (C=O) groups excluding carboxylic acids is 2. The van der Waals surface area contributed by atoms with Gasteiger partial charge in [-0.1, -0.05) is 50.3 Å². The fourth-order valence-corrected chi connectivity index (χ4v) is 6.20. The van der Waals surface area contributed by atoms with E-state index in [2.05, 4.69) is 25.8 Å². The van der Waals surface area contributed by atoms with E-state index < -0.39 is 22.7 Å². The number of nitrogens with zero attached hydrogens (tertiary/aromatic N) is 3. The number of thiophene rings is 1. The fourth-order valence-electron chi connectivity index (χ4n) is 4.35. The molecule has 37 heavy (non-hydrogen) atoms. The predicted molar refractivity (Wildman–Crippen MR) is 145 cm³/mol. The maximum Gasteiger partial charge on any atom is 0.301 e. The van der Waals surface area contributed by atoms with Crippen molar-refractivity contribution in [1.82, 2.24) is 4.98 Å². The average Bonchev–Trinajstić information content (AvgIpc) is 3.56. The third-order valence-electron chi connectivity index (χ3n) is 6.39. The molecule has 1 unspecified atom stereocenters. The number of rotatable bonds is 4. The smallest absolute Gasteiger partial charge is 0.301 e. The molecule has 1 atom stereocenters. The zero-order chi connectivity index (χ0) is 26.6. The first kappa shape index (κ1) is 24.8. The van der Waals surface area contributed by atoms with Crippen LogP contribution in [0.15, 0.2) is 59.5 Å². The third-order valence-corrected chi connectivity index (χ3v) is 8.34. The largest absolute Gasteiger partial charge is 0.507 e. The highest BCUT2D eigenvalue weighted by Crippen LogP contribution is 2.46. The Morgan fingerprint density at radius 3 is 2.54 bits per heavy atom. The molecule has 2 aromatic heterocycles. The third kappa shape index (κ3) is 4.21. The lowest BCUT2D eigenvalue weighted by Crippen LogP contribution is -2.28. The lowest BCUT2D eigenvalue weighted by Gasteiger charge is -2.23. The van der Waals surface area contributed by atoms with Crippen LogP contribution < -0.4 is 4.90 Å². The van der Waals surface area contributed by atoms with Crippen molar-refractivity contribution in [2.45, 2.75) is 39.2 Å². The van der Waals surface area contributed by atoms with Gasteiger partial charge in [0.25, 0.3) is 11.5 Å². The second-order valence-corrected chi connectivity index (χ2v) is 11.9. The van der Waals surface area contributed by atoms with E-state index in [4.69, 9.17) is 0 Å². The molecular weight excluding hydrogens is 510 g/mol. The molecule has 0 bridgehead atoms. The summed E-state index contributed by atoms with van der Waals surface area (Å²) in [6.45, 7) is 8.02. The van der Waals surface area contributed by atoms with Crippen LogP contribution in [0.25, 0.3) is 16.0 Å². The Morgan fingerprint density at radius 2 is 1.89 bits per heavy atom. The summed E-state index contributed by atoms with van der Waals surface area (Å²) in [7, 11) is 0. The van der Waals surface area contributed by atoms with E-state index in [1.807, 2.05) is 36.6 Å². The van der Waals surface area contributed by atoms with Gasteiger partial charge in [0.2, 0.25) is 0 Å². The number of non-ortho nitro benzene ring substituents is 1. The number of Topliss-reactive ketones (excluding diaryl/α,β-unsaturated/α-hetero) is 1. The van der Waals surface area contributed by atoms with Gasteiger partial charge in [0, 0.05) is 22.6 Å². The van der Waals surface area contributed by atoms with Crippen LogP contribution in [0.5, 0.6) is 0 Å². The molecule has 2 aromatic carbocycles. The van der Waals surface area contributed by atoms with Gasteiger partial charge in [-0.3, -0.25) is 24.6 Å². The monoisotopic (exact) mass is 533 g/mol. The molecule has 0 aliphatic carbocycles. The number of hydrogen-bond donors (Lipinski definition) is 1. The summed E-state index contributed by atoms with van der Waals surface area (Å²) >= 11 is 2.45. The van der Waals surface area contributed by atoms with Crippen LogP contribution in [0.4, 0.5) is 10.8 Å². The number of fused-ring (bicyclic) bond motifs is 1. The molecule has 3 heterocycles. The molecule has 4 aromatic rings. The molecule has 188 valence electrons. The van der Waals surface area contributed by atoms with Crippen LogP contribution in [0, 0.1) is 17.0 Å². The van der Waals surface area contributed by atoms with Gasteiger partial charge < -0.3 is 5.11 Å². The van der Waals surface area contributed by atoms with Crippen LogP contribution in [0.3, 0.4) is 0 Å². The molecule has 10 heteroatoms. The van der Waals surface area contributed by atoms with Crippen molar-refractivity contribution in [2.24, 2.45) is 0 Å². The number of benzene rings is 2. The van der Waals surface area contributed by atoms with Crippen molar-refractivity contribution < 1.29 is 19.6 Å². The second-order valence-electron chi connectivity index (χ2n) is 9.87. The van der Waals surface area contributed by atoms with E-state index >= 15 is 0 Å². The van der Waals surface area contributed by atoms with Gasteiger partial charge in [0.15, 0.2) is 5.13 Å². The lowest BCUT2D eigenvalue weighted by molar-refractivity contribution is -0.384. The summed E-state index contributed by atoms with van der Waals surface area (Å²) in [5.41, 5.74) is 2.44. The number of hydrogen-bond acceptors (Lipinski definition) is 8. The Hall–Kier alpha value is -3.89. The zero-order valence-electron chi connectivity index (χ0n) is 20.5. The second kappa shape index (κ2) is 8.89. The van der Waals surface area contributed by atoms with Gasteiger partial charge in [0.1, 0.15) is 11.8 Å². The van der Waals surface area contributed by atoms with E-state index in [9.17, 15) is 24.8 Å². The number of aliphatic hydroxyl groups excluding tert-OH is 1. The summed E-state index contributed by atoms with van der Waals surface area (Å²) in [5, 5.41) is 24.8. The Kier molecular flexibility index (Phi) is 5.96. The highest BCUT2D eigenvalue weighted by Gasteiger charge is 2.48. The van der Waals surface area contributed by atoms with Crippen molar-refractivity contribution in [2.75, 3.05) is 4.90 Å². The number of ketones is 1. The fraction of sp³-hybridized carbons (Fsp3) is 0.222. The van der Waals surface area contributed by atoms with Crippen LogP contribution >= 0.6 is 22.7 Å². The van der Waals surface area contributed by atoms with E-state index in [-0.39, 0.29) is 27.6 Å². The van der Waals surface area contributed by atoms with E-state index in [0.717, 1.165) is 22.5 Å². The van der Waals surface area contributed by atoms with Crippen LogP contribution in [0.1, 0.15) is 48.4 Å². The van der Waals surface area contributed by atoms with Crippen molar-refractivity contribution in [1.29, 1.82) is 0 Å². The molecule has 1 N–H and O–H groups in total. The topological polar surface area (TPSA) is 114 Å². The molecule has 1 amide bonds. The first-order valence-corrected chi connectivity index (χ1v) is 13.2. The zero-order valence-corrected chi connectivity index (χ0v) is 22.1. The Balaban J connectivity index is 1.71. The Bertz CT molecular complexity index is 1610. The molecule has 1 fully saturated rings. The molecule has 0 spiro atoms. The lowest BCUT2D eigenvalue weighted by atomic mass is 9.84. The molecule has 1 aliphatic rings. The van der Waals surface area contributed by atoms with Gasteiger partial charge in [-0.25, -0.2) is 4.98 Å². The van der Waals surface area contributed by atoms with Gasteiger partial charge in [-0.05, 0) is 47.0 Å². The van der Waals surface area contributed by atoms with Gasteiger partial charge in [0.05, 0.1) is 20.7 Å². The number of nitro benzene ring substituents is 1. The first-order valence-electron chi connectivity index (χ1n) is 11.5. The standard InChI is InChI=1S/C27H23N3O5S2/c1-14-7-8-15(27(2,3)4)12-17(14)23(31)21-22(19-6-5-11-36-19)29(25(33)24(21)32)26-28-18-10-9-16(30(34)35)13-20(18)37-26/h5-13,22,31H,1-4H3/b23-21+. The maximum absolute atomic E-state index is 13.4. The van der Waals surface area contributed by atoms with Crippen molar-refractivity contribution in [3.8, 4) is 0 Å². The summed E-state index contributed by atoms with van der Waals surface area (Å²) in [4.78, 5) is 44.1. The minimum absolute atomic E-state index is 0.00755. The van der Waals surface area contributed by atoms with Crippen molar-refractivity contribution in [3.05, 3.63) is 91.2 Å². The number of aromatic nitrogens is 1. The normalized spacial score (nSPS) is 17.6. The number of thiazole rings is 1. The number of anilines is 1. The number of amides is 1. The Morgan fingerprint density at radius 1 is 1.14 bits per heavy atom. The number of aliphatic hydroxyl groups is 1. The molecule has 0 radical (unpaired) electrons. The summed E-state index contributed by atoms with van der Waals surface area (Å²) in [6.07, 6.45) is 0. The number of nitro groups is 1. The van der Waals surface area contributed by atoms with Crippen LogP contribution in [-0.4, -0.2) is 26.7 Å². The molecule has 8 nitrogen and oxygen atoms in total. The van der Waals surface area contributed by atoms with Crippen LogP contribution in [-0.2, 0) is 15.0 Å². The number of carbonyl (C=O) groups is 2. The summed E-state index contributed by atoms with van der Waals surface area (Å²) in [6, 6.07) is 12.7. The van der Waals surface area contributed by atoms with Gasteiger partial charge >= 0.3 is 5.91 Å². The highest BCUT2D eigenvalue weighted by molar-refractivity contribution is 7.22. The quantitative estimate of drug-likeness (QED) is 0.105. The minimum atomic E-state index is -0.881. The van der Waals surface area contributed by atoms with E-state index in [1.165, 1.54) is 34.4 Å². The Labute approximate surface area is 220 Å². The van der Waals surface area contributed by atoms with Crippen molar-refractivity contribution in [3.63, 3.8) is 0 Å². The summed E-state index contributed by atoms with van der Waals surface area (Å²) in [5.74, 6) is -1.85. The molecule has 0 saturated carbocycles. The molecular formula is C27H23N3O5S2. The SMILES string of the molecule is Cc1ccc(C(C)(C)C)cc1/C(O)=C1\C(=O)C(=O)N(c2nc3ccc([N+](=O)[O-])cc3s2)C1c1cccs1. The maximum atomic E-state index is 13.4. The highest BCUT2D eigenvalue weighted by atomic mass is 32.1. The van der Waals surface area contributed by atoms with Crippen LogP contribution in [0.2, 0.25) is 0 Å². The average molecular weight is 534 g/mol. The van der Waals surface area contributed by atoms with Gasteiger partial charge in [-0.2, -0.15) is 0 Å².